The predicted molar refractivity (Wildman–Crippen MR) is 141 cm³/mol. The Labute approximate surface area is 225 Å². The summed E-state index contributed by atoms with van der Waals surface area (Å²) in [5, 5.41) is 16.9. The lowest BCUT2D eigenvalue weighted by molar-refractivity contribution is -0.142. The third-order valence-electron chi connectivity index (χ3n) is 5.85. The van der Waals surface area contributed by atoms with Crippen molar-refractivity contribution < 1.29 is 29.1 Å². The molecule has 1 aromatic carbocycles. The number of carboxylic acids is 1. The van der Waals surface area contributed by atoms with Crippen LogP contribution in [-0.4, -0.2) is 75.4 Å². The number of benzene rings is 1. The molecule has 4 atom stereocenters. The van der Waals surface area contributed by atoms with Gasteiger partial charge in [0.1, 0.15) is 18.1 Å². The Morgan fingerprint density at radius 2 is 1.54 bits per heavy atom. The minimum Gasteiger partial charge on any atom is -0.480 e. The maximum absolute atomic E-state index is 13.1. The number of H-pyrrole nitrogens is 1. The molecule has 0 aliphatic carbocycles. The molecule has 0 aliphatic heterocycles. The quantitative estimate of drug-likeness (QED) is 0.103. The maximum atomic E-state index is 13.1. The number of carbonyl (C=O) groups excluding carboxylic acids is 4. The molecule has 14 heteroatoms. The molecule has 1 aromatic heterocycles. The van der Waals surface area contributed by atoms with Gasteiger partial charge in [-0.15, -0.1) is 0 Å². The van der Waals surface area contributed by atoms with Crippen molar-refractivity contribution in [3.63, 3.8) is 0 Å². The molecule has 0 radical (unpaired) electrons. The van der Waals surface area contributed by atoms with Crippen LogP contribution in [0.4, 0.5) is 0 Å². The van der Waals surface area contributed by atoms with Crippen molar-refractivity contribution in [2.45, 2.75) is 62.7 Å². The fourth-order valence-corrected chi connectivity index (χ4v) is 3.77. The molecule has 0 bridgehead atoms. The van der Waals surface area contributed by atoms with Gasteiger partial charge in [0.2, 0.25) is 23.6 Å². The fraction of sp³-hybridized carbons (Fsp3) is 0.440. The Morgan fingerprint density at radius 3 is 2.13 bits per heavy atom. The molecule has 39 heavy (non-hydrogen) atoms. The minimum atomic E-state index is -1.40. The number of aromatic nitrogens is 2. The number of imidazole rings is 1. The second-order valence-corrected chi connectivity index (χ2v) is 9.05. The number of carbonyl (C=O) groups is 5. The highest BCUT2D eigenvalue weighted by Crippen LogP contribution is 2.07. The van der Waals surface area contributed by atoms with Crippen molar-refractivity contribution in [3.05, 3.63) is 54.1 Å². The molecule has 2 aromatic rings. The van der Waals surface area contributed by atoms with E-state index in [2.05, 4.69) is 25.9 Å². The second kappa shape index (κ2) is 15.8. The van der Waals surface area contributed by atoms with Crippen LogP contribution in [0.3, 0.4) is 0 Å². The highest BCUT2D eigenvalue weighted by atomic mass is 16.4. The topological polar surface area (TPSA) is 248 Å². The number of carboxylic acid groups (broad SMARTS) is 1. The summed E-state index contributed by atoms with van der Waals surface area (Å²) in [6.07, 6.45) is 3.53. The summed E-state index contributed by atoms with van der Waals surface area (Å²) < 4.78 is 0. The third kappa shape index (κ3) is 10.9. The minimum absolute atomic E-state index is 0.0653. The van der Waals surface area contributed by atoms with Gasteiger partial charge in [0.25, 0.3) is 0 Å². The van der Waals surface area contributed by atoms with Crippen LogP contribution in [0.25, 0.3) is 0 Å². The lowest BCUT2D eigenvalue weighted by atomic mass is 10.0. The van der Waals surface area contributed by atoms with Gasteiger partial charge in [0.15, 0.2) is 0 Å². The Balaban J connectivity index is 2.11. The smallest absolute Gasteiger partial charge is 0.326 e. The molecule has 14 nitrogen and oxygen atoms in total. The van der Waals surface area contributed by atoms with Crippen LogP contribution in [0.1, 0.15) is 36.9 Å². The van der Waals surface area contributed by atoms with Crippen molar-refractivity contribution in [1.82, 2.24) is 25.9 Å². The molecule has 2 rings (SSSR count). The summed E-state index contributed by atoms with van der Waals surface area (Å²) in [4.78, 5) is 68.9. The van der Waals surface area contributed by atoms with E-state index in [0.29, 0.717) is 25.1 Å². The summed E-state index contributed by atoms with van der Waals surface area (Å²) in [6.45, 7) is 0.347. The van der Waals surface area contributed by atoms with Crippen molar-refractivity contribution >= 4 is 29.6 Å². The van der Waals surface area contributed by atoms with E-state index in [1.165, 1.54) is 12.5 Å². The number of aliphatic carboxylic acids is 1. The van der Waals surface area contributed by atoms with Crippen LogP contribution < -0.4 is 33.2 Å². The number of aromatic amines is 1. The van der Waals surface area contributed by atoms with Gasteiger partial charge in [-0.05, 0) is 37.8 Å². The zero-order chi connectivity index (χ0) is 28.8. The normalized spacial score (nSPS) is 13.9. The number of nitrogens with zero attached hydrogens (tertiary/aromatic N) is 1. The summed E-state index contributed by atoms with van der Waals surface area (Å²) in [5.74, 6) is -4.42. The molecule has 0 fully saturated rings. The standard InChI is InChI=1S/C25H36N8O6/c26-9-5-4-8-18(23(36)33-20(25(38)39)11-16-13-29-14-30-16)31-24(37)19(12-21(28)34)32-22(35)17(27)10-15-6-2-1-3-7-15/h1-3,6-7,13-14,17-20H,4-5,8-12,26-27H2,(H2,28,34)(H,29,30)(H,31,37)(H,32,35)(H,33,36)(H,38,39). The van der Waals surface area contributed by atoms with Gasteiger partial charge in [-0.25, -0.2) is 9.78 Å². The molecule has 1 heterocycles. The molecule has 11 N–H and O–H groups in total. The van der Waals surface area contributed by atoms with Gasteiger partial charge in [-0.2, -0.15) is 0 Å². The number of nitrogens with two attached hydrogens (primary N) is 3. The third-order valence-corrected chi connectivity index (χ3v) is 5.85. The van der Waals surface area contributed by atoms with Crippen molar-refractivity contribution in [1.29, 1.82) is 0 Å². The van der Waals surface area contributed by atoms with Crippen molar-refractivity contribution in [2.75, 3.05) is 6.54 Å². The number of amides is 4. The zero-order valence-electron chi connectivity index (χ0n) is 21.5. The first-order valence-corrected chi connectivity index (χ1v) is 12.5. The zero-order valence-corrected chi connectivity index (χ0v) is 21.5. The van der Waals surface area contributed by atoms with Crippen molar-refractivity contribution in [2.24, 2.45) is 17.2 Å². The highest BCUT2D eigenvalue weighted by molar-refractivity contribution is 5.96. The Morgan fingerprint density at radius 1 is 0.897 bits per heavy atom. The Bertz CT molecular complexity index is 1100. The number of primary amides is 1. The largest absolute Gasteiger partial charge is 0.480 e. The van der Waals surface area contributed by atoms with Gasteiger partial charge in [-0.1, -0.05) is 30.3 Å². The van der Waals surface area contributed by atoms with Gasteiger partial charge in [0, 0.05) is 18.3 Å². The molecular weight excluding hydrogens is 508 g/mol. The summed E-state index contributed by atoms with van der Waals surface area (Å²) in [6, 6.07) is 4.11. The maximum Gasteiger partial charge on any atom is 0.326 e. The van der Waals surface area contributed by atoms with E-state index < -0.39 is 60.2 Å². The number of unbranched alkanes of at least 4 members (excludes halogenated alkanes) is 1. The molecule has 212 valence electrons. The van der Waals surface area contributed by atoms with Crippen LogP contribution >= 0.6 is 0 Å². The molecule has 4 unspecified atom stereocenters. The summed E-state index contributed by atoms with van der Waals surface area (Å²) in [7, 11) is 0. The molecule has 0 saturated heterocycles. The van der Waals surface area contributed by atoms with Crippen LogP contribution in [0.15, 0.2) is 42.9 Å². The van der Waals surface area contributed by atoms with E-state index in [1.54, 1.807) is 24.3 Å². The average Bonchev–Trinajstić information content (AvgIpc) is 3.40. The lowest BCUT2D eigenvalue weighted by Crippen LogP contribution is -2.58. The van der Waals surface area contributed by atoms with E-state index in [-0.39, 0.29) is 19.3 Å². The van der Waals surface area contributed by atoms with E-state index in [1.807, 2.05) is 6.07 Å². The number of nitrogens with one attached hydrogen (secondary N) is 4. The molecular formula is C25H36N8O6. The SMILES string of the molecule is NCCCCC(NC(=O)C(CC(N)=O)NC(=O)C(N)Cc1ccccc1)C(=O)NC(Cc1cnc[nH]1)C(=O)O. The summed E-state index contributed by atoms with van der Waals surface area (Å²) in [5.41, 5.74) is 18.1. The fourth-order valence-electron chi connectivity index (χ4n) is 3.77. The first-order valence-electron chi connectivity index (χ1n) is 12.5. The van der Waals surface area contributed by atoms with Crippen LogP contribution in [0, 0.1) is 0 Å². The second-order valence-electron chi connectivity index (χ2n) is 9.05. The number of rotatable bonds is 17. The van der Waals surface area contributed by atoms with E-state index in [9.17, 15) is 29.1 Å². The van der Waals surface area contributed by atoms with Gasteiger partial charge in [0.05, 0.1) is 18.8 Å². The lowest BCUT2D eigenvalue weighted by Gasteiger charge is -2.25. The van der Waals surface area contributed by atoms with Gasteiger partial charge in [-0.3, -0.25) is 19.2 Å². The van der Waals surface area contributed by atoms with Crippen molar-refractivity contribution in [3.8, 4) is 0 Å². The Hall–Kier alpha value is -4.30. The monoisotopic (exact) mass is 544 g/mol. The predicted octanol–water partition coefficient (Wildman–Crippen LogP) is -1.93. The van der Waals surface area contributed by atoms with Crippen LogP contribution in [0.2, 0.25) is 0 Å². The highest BCUT2D eigenvalue weighted by Gasteiger charge is 2.31. The van der Waals surface area contributed by atoms with E-state index in [4.69, 9.17) is 17.2 Å². The Kier molecular flexibility index (Phi) is 12.6. The average molecular weight is 545 g/mol. The first-order chi connectivity index (χ1) is 18.6. The molecule has 0 saturated carbocycles. The van der Waals surface area contributed by atoms with E-state index >= 15 is 0 Å². The van der Waals surface area contributed by atoms with Gasteiger partial charge < -0.3 is 43.2 Å². The van der Waals surface area contributed by atoms with E-state index in [0.717, 1.165) is 5.56 Å². The molecule has 0 aliphatic rings. The van der Waals surface area contributed by atoms with Crippen LogP contribution in [-0.2, 0) is 36.8 Å². The summed E-state index contributed by atoms with van der Waals surface area (Å²) >= 11 is 0. The molecule has 0 spiro atoms. The number of hydrogen-bond donors (Lipinski definition) is 8. The number of hydrogen-bond acceptors (Lipinski definition) is 8. The van der Waals surface area contributed by atoms with Gasteiger partial charge >= 0.3 is 5.97 Å². The molecule has 4 amide bonds. The van der Waals surface area contributed by atoms with Crippen LogP contribution in [0.5, 0.6) is 0 Å². The first kappa shape index (κ1) is 30.9.